The second kappa shape index (κ2) is 8.50. The Balaban J connectivity index is 1.49. The van der Waals surface area contributed by atoms with Crippen LogP contribution in [0.15, 0.2) is 48.5 Å². The van der Waals surface area contributed by atoms with Crippen LogP contribution in [0, 0.1) is 10.1 Å². The highest BCUT2D eigenvalue weighted by atomic mass is 16.6. The van der Waals surface area contributed by atoms with Crippen LogP contribution in [0.25, 0.3) is 0 Å². The van der Waals surface area contributed by atoms with Crippen LogP contribution in [-0.2, 0) is 4.79 Å². The summed E-state index contributed by atoms with van der Waals surface area (Å²) in [5, 5.41) is 13.5. The lowest BCUT2D eigenvalue weighted by atomic mass is 10.2. The number of carbonyl (C=O) groups excluding carboxylic acids is 1. The van der Waals surface area contributed by atoms with Crippen LogP contribution in [0.1, 0.15) is 0 Å². The number of piperazine rings is 1. The first-order chi connectivity index (χ1) is 13.0. The minimum Gasteiger partial charge on any atom is -0.497 e. The Bertz CT molecular complexity index is 802. The van der Waals surface area contributed by atoms with Crippen LogP contribution < -0.4 is 15.0 Å². The first kappa shape index (κ1) is 18.7. The number of anilines is 2. The molecule has 0 spiro atoms. The predicted octanol–water partition coefficient (Wildman–Crippen LogP) is 2.36. The minimum atomic E-state index is -0.478. The number of benzene rings is 2. The van der Waals surface area contributed by atoms with Gasteiger partial charge in [-0.1, -0.05) is 6.07 Å². The van der Waals surface area contributed by atoms with E-state index in [1.807, 2.05) is 24.3 Å². The maximum absolute atomic E-state index is 12.2. The normalized spacial score (nSPS) is 14.6. The molecule has 3 rings (SSSR count). The zero-order valence-corrected chi connectivity index (χ0v) is 15.1. The smallest absolute Gasteiger partial charge is 0.271 e. The largest absolute Gasteiger partial charge is 0.497 e. The Labute approximate surface area is 157 Å². The van der Waals surface area contributed by atoms with E-state index < -0.39 is 4.92 Å². The van der Waals surface area contributed by atoms with Crippen LogP contribution in [0.3, 0.4) is 0 Å². The summed E-state index contributed by atoms with van der Waals surface area (Å²) in [6, 6.07) is 13.9. The lowest BCUT2D eigenvalue weighted by Crippen LogP contribution is -2.48. The van der Waals surface area contributed by atoms with Crippen molar-refractivity contribution in [3.8, 4) is 5.75 Å². The molecule has 8 nitrogen and oxygen atoms in total. The highest BCUT2D eigenvalue weighted by molar-refractivity contribution is 5.92. The van der Waals surface area contributed by atoms with E-state index in [4.69, 9.17) is 4.74 Å². The molecule has 1 amide bonds. The van der Waals surface area contributed by atoms with Gasteiger partial charge in [0.25, 0.3) is 5.69 Å². The molecule has 142 valence electrons. The number of amides is 1. The summed E-state index contributed by atoms with van der Waals surface area (Å²) in [6.07, 6.45) is 0. The summed E-state index contributed by atoms with van der Waals surface area (Å²) in [7, 11) is 1.65. The van der Waals surface area contributed by atoms with Crippen molar-refractivity contribution in [3.63, 3.8) is 0 Å². The van der Waals surface area contributed by atoms with E-state index in [0.29, 0.717) is 5.69 Å². The van der Waals surface area contributed by atoms with Crippen molar-refractivity contribution < 1.29 is 14.5 Å². The van der Waals surface area contributed by atoms with Gasteiger partial charge in [0, 0.05) is 49.7 Å². The molecule has 1 N–H and O–H groups in total. The van der Waals surface area contributed by atoms with Gasteiger partial charge in [0.2, 0.25) is 5.91 Å². The third kappa shape index (κ3) is 4.95. The fourth-order valence-electron chi connectivity index (χ4n) is 3.06. The number of non-ortho nitro benzene ring substituents is 1. The third-order valence-electron chi connectivity index (χ3n) is 4.52. The van der Waals surface area contributed by atoms with Gasteiger partial charge in [-0.3, -0.25) is 19.8 Å². The van der Waals surface area contributed by atoms with Crippen molar-refractivity contribution in [3.05, 3.63) is 58.6 Å². The maximum atomic E-state index is 12.2. The second-order valence-corrected chi connectivity index (χ2v) is 6.32. The fraction of sp³-hybridized carbons (Fsp3) is 0.316. The molecule has 0 bridgehead atoms. The molecule has 1 fully saturated rings. The quantitative estimate of drug-likeness (QED) is 0.620. The van der Waals surface area contributed by atoms with E-state index in [2.05, 4.69) is 15.1 Å². The van der Waals surface area contributed by atoms with E-state index in [0.717, 1.165) is 37.6 Å². The second-order valence-electron chi connectivity index (χ2n) is 6.32. The summed E-state index contributed by atoms with van der Waals surface area (Å²) in [5.41, 5.74) is 1.53. The lowest BCUT2D eigenvalue weighted by molar-refractivity contribution is -0.384. The highest BCUT2D eigenvalue weighted by Crippen LogP contribution is 2.21. The molecule has 8 heteroatoms. The first-order valence-corrected chi connectivity index (χ1v) is 8.71. The van der Waals surface area contributed by atoms with Gasteiger partial charge in [-0.15, -0.1) is 0 Å². The third-order valence-corrected chi connectivity index (χ3v) is 4.52. The fourth-order valence-corrected chi connectivity index (χ4v) is 3.06. The number of rotatable bonds is 6. The van der Waals surface area contributed by atoms with Crippen molar-refractivity contribution in [1.29, 1.82) is 0 Å². The zero-order valence-electron chi connectivity index (χ0n) is 15.1. The first-order valence-electron chi connectivity index (χ1n) is 8.71. The average molecular weight is 370 g/mol. The predicted molar refractivity (Wildman–Crippen MR) is 103 cm³/mol. The summed E-state index contributed by atoms with van der Waals surface area (Å²) >= 11 is 0. The van der Waals surface area contributed by atoms with Crippen LogP contribution in [-0.4, -0.2) is 55.6 Å². The molecule has 0 aliphatic carbocycles. The Morgan fingerprint density at radius 3 is 2.48 bits per heavy atom. The van der Waals surface area contributed by atoms with Crippen molar-refractivity contribution in [2.24, 2.45) is 0 Å². The Kier molecular flexibility index (Phi) is 5.87. The van der Waals surface area contributed by atoms with Crippen molar-refractivity contribution in [2.45, 2.75) is 0 Å². The van der Waals surface area contributed by atoms with Gasteiger partial charge in [-0.05, 0) is 30.3 Å². The molecule has 0 unspecified atom stereocenters. The summed E-state index contributed by atoms with van der Waals surface area (Å²) in [4.78, 5) is 26.9. The number of nitro groups is 1. The molecule has 0 atom stereocenters. The summed E-state index contributed by atoms with van der Waals surface area (Å²) in [6.45, 7) is 3.47. The Morgan fingerprint density at radius 2 is 1.85 bits per heavy atom. The number of ether oxygens (including phenoxy) is 1. The number of methoxy groups -OCH3 is 1. The number of hydrogen-bond acceptors (Lipinski definition) is 6. The molecule has 0 radical (unpaired) electrons. The number of nitrogens with zero attached hydrogens (tertiary/aromatic N) is 3. The molecular weight excluding hydrogens is 348 g/mol. The van der Waals surface area contributed by atoms with Gasteiger partial charge in [-0.25, -0.2) is 0 Å². The van der Waals surface area contributed by atoms with E-state index >= 15 is 0 Å². The van der Waals surface area contributed by atoms with Crippen molar-refractivity contribution >= 4 is 23.0 Å². The van der Waals surface area contributed by atoms with Crippen molar-refractivity contribution in [2.75, 3.05) is 50.1 Å². The summed E-state index contributed by atoms with van der Waals surface area (Å²) < 4.78 is 5.18. The number of carbonyl (C=O) groups is 1. The van der Waals surface area contributed by atoms with Crippen LogP contribution >= 0.6 is 0 Å². The SMILES string of the molecule is COc1ccc(N2CCN(CC(=O)Nc3cccc([N+](=O)[O-])c3)CC2)cc1. The van der Waals surface area contributed by atoms with E-state index in [1.54, 1.807) is 19.2 Å². The van der Waals surface area contributed by atoms with Gasteiger partial charge in [-0.2, -0.15) is 0 Å². The van der Waals surface area contributed by atoms with E-state index in [9.17, 15) is 14.9 Å². The van der Waals surface area contributed by atoms with Gasteiger partial charge in [0.1, 0.15) is 5.75 Å². The van der Waals surface area contributed by atoms with E-state index in [1.165, 1.54) is 12.1 Å². The van der Waals surface area contributed by atoms with E-state index in [-0.39, 0.29) is 18.1 Å². The Morgan fingerprint density at radius 1 is 1.15 bits per heavy atom. The molecule has 1 heterocycles. The topological polar surface area (TPSA) is 88.0 Å². The van der Waals surface area contributed by atoms with Gasteiger partial charge < -0.3 is 15.0 Å². The molecule has 1 saturated heterocycles. The standard InChI is InChI=1S/C19H22N4O4/c1-27-18-7-5-16(6-8-18)22-11-9-21(10-12-22)14-19(24)20-15-3-2-4-17(13-15)23(25)26/h2-8,13H,9-12,14H2,1H3,(H,20,24). The van der Waals surface area contributed by atoms with Crippen LogP contribution in [0.5, 0.6) is 5.75 Å². The van der Waals surface area contributed by atoms with Crippen molar-refractivity contribution in [1.82, 2.24) is 4.90 Å². The molecule has 27 heavy (non-hydrogen) atoms. The average Bonchev–Trinajstić information content (AvgIpc) is 2.69. The molecular formula is C19H22N4O4. The monoisotopic (exact) mass is 370 g/mol. The van der Waals surface area contributed by atoms with Gasteiger partial charge in [0.05, 0.1) is 18.6 Å². The van der Waals surface area contributed by atoms with Crippen LogP contribution in [0.4, 0.5) is 17.1 Å². The summed E-state index contributed by atoms with van der Waals surface area (Å²) in [5.74, 6) is 0.656. The van der Waals surface area contributed by atoms with Crippen LogP contribution in [0.2, 0.25) is 0 Å². The number of nitro benzene ring substituents is 1. The highest BCUT2D eigenvalue weighted by Gasteiger charge is 2.19. The maximum Gasteiger partial charge on any atom is 0.271 e. The molecule has 0 saturated carbocycles. The Hall–Kier alpha value is -3.13. The lowest BCUT2D eigenvalue weighted by Gasteiger charge is -2.35. The molecule has 0 aromatic heterocycles. The molecule has 2 aromatic rings. The molecule has 1 aliphatic heterocycles. The molecule has 1 aliphatic rings. The van der Waals surface area contributed by atoms with Gasteiger partial charge >= 0.3 is 0 Å². The molecule has 2 aromatic carbocycles. The van der Waals surface area contributed by atoms with Gasteiger partial charge in [0.15, 0.2) is 0 Å². The minimum absolute atomic E-state index is 0.0408. The number of hydrogen-bond donors (Lipinski definition) is 1. The number of nitrogens with one attached hydrogen (secondary N) is 1. The zero-order chi connectivity index (χ0) is 19.2.